The van der Waals surface area contributed by atoms with Crippen LogP contribution in [0.4, 0.5) is 0 Å². The molecule has 0 spiro atoms. The van der Waals surface area contributed by atoms with Crippen molar-refractivity contribution >= 4 is 88.0 Å². The number of nitrogens with zero attached hydrogens (tertiary/aromatic N) is 2. The van der Waals surface area contributed by atoms with Crippen molar-refractivity contribution in [2.24, 2.45) is 10.2 Å². The number of benzene rings is 4. The molecule has 0 fully saturated rings. The normalized spacial score (nSPS) is 10.5. The summed E-state index contributed by atoms with van der Waals surface area (Å²) in [5, 5.41) is 50.1. The van der Waals surface area contributed by atoms with Crippen LogP contribution in [-0.2, 0) is 17.1 Å². The Hall–Kier alpha value is -3.20. The van der Waals surface area contributed by atoms with E-state index in [1.54, 1.807) is 48.5 Å². The van der Waals surface area contributed by atoms with Crippen LogP contribution in [0.5, 0.6) is 23.0 Å². The fraction of sp³-hybridized carbons (Fsp3) is 0. The van der Waals surface area contributed by atoms with Gasteiger partial charge in [-0.2, -0.15) is 10.2 Å². The second-order valence-electron chi connectivity index (χ2n) is 8.04. The van der Waals surface area contributed by atoms with Gasteiger partial charge in [-0.05, 0) is 59.7 Å². The van der Waals surface area contributed by atoms with E-state index in [9.17, 15) is 30.0 Å². The van der Waals surface area contributed by atoms with Crippen LogP contribution in [0, 0.1) is 0 Å². The van der Waals surface area contributed by atoms with Crippen molar-refractivity contribution in [3.8, 4) is 23.0 Å². The summed E-state index contributed by atoms with van der Waals surface area (Å²) in [7, 11) is 0. The van der Waals surface area contributed by atoms with Gasteiger partial charge in [0.25, 0.3) is 11.8 Å². The monoisotopic (exact) mass is 878 g/mol. The number of hydrogen-bond donors (Lipinski definition) is 4. The first-order valence-electron chi connectivity index (χ1n) is 11.5. The zero-order chi connectivity index (χ0) is 30.8. The number of hydrazone groups is 2. The summed E-state index contributed by atoms with van der Waals surface area (Å²) in [6.07, 6.45) is 2.49. The van der Waals surface area contributed by atoms with Crippen molar-refractivity contribution in [3.05, 3.63) is 113 Å². The summed E-state index contributed by atoms with van der Waals surface area (Å²) in [6, 6.07) is 18.6. The average Bonchev–Trinajstić information content (AvgIpc) is 2.94. The largest absolute Gasteiger partial charge is 2.00 e. The topological polar surface area (TPSA) is 169 Å². The average molecular weight is 882 g/mol. The molecular weight excluding hydrogens is 864 g/mol. The molecule has 222 valence electrons. The van der Waals surface area contributed by atoms with Gasteiger partial charge in [-0.25, -0.2) is 10.9 Å². The molecule has 4 rings (SSSR count). The van der Waals surface area contributed by atoms with Crippen LogP contribution < -0.4 is 21.1 Å². The fourth-order valence-corrected chi connectivity index (χ4v) is 5.64. The van der Waals surface area contributed by atoms with Gasteiger partial charge < -0.3 is 20.4 Å². The maximum atomic E-state index is 11.8. The smallest absolute Gasteiger partial charge is 0.871 e. The Labute approximate surface area is 289 Å². The van der Waals surface area contributed by atoms with Crippen molar-refractivity contribution in [2.45, 2.75) is 0 Å². The molecule has 15 heteroatoms. The molecule has 10 nitrogen and oxygen atoms in total. The number of halogens is 4. The molecule has 4 aromatic rings. The van der Waals surface area contributed by atoms with E-state index >= 15 is 0 Å². The van der Waals surface area contributed by atoms with E-state index in [4.69, 9.17) is 0 Å². The van der Waals surface area contributed by atoms with E-state index in [2.05, 4.69) is 84.8 Å². The van der Waals surface area contributed by atoms with Crippen molar-refractivity contribution in [3.63, 3.8) is 0 Å². The molecule has 0 saturated heterocycles. The van der Waals surface area contributed by atoms with Gasteiger partial charge in [0.05, 0.1) is 23.6 Å². The second kappa shape index (κ2) is 17.2. The minimum Gasteiger partial charge on any atom is -0.871 e. The van der Waals surface area contributed by atoms with Gasteiger partial charge >= 0.3 is 17.1 Å². The Morgan fingerprint density at radius 3 is 1.35 bits per heavy atom. The first-order chi connectivity index (χ1) is 20.0. The van der Waals surface area contributed by atoms with E-state index in [0.717, 1.165) is 0 Å². The van der Waals surface area contributed by atoms with E-state index in [-0.39, 0.29) is 51.2 Å². The summed E-state index contributed by atoms with van der Waals surface area (Å²) in [5.41, 5.74) is 5.35. The van der Waals surface area contributed by atoms with Gasteiger partial charge in [0.1, 0.15) is 11.5 Å². The van der Waals surface area contributed by atoms with Gasteiger partial charge in [0.15, 0.2) is 0 Å². The van der Waals surface area contributed by atoms with Crippen LogP contribution in [0.15, 0.2) is 101 Å². The second-order valence-corrected chi connectivity index (χ2v) is 11.6. The molecule has 2 amide bonds. The predicted molar refractivity (Wildman–Crippen MR) is 169 cm³/mol. The quantitative estimate of drug-likeness (QED) is 0.113. The van der Waals surface area contributed by atoms with Crippen LogP contribution in [-0.4, -0.2) is 34.5 Å². The van der Waals surface area contributed by atoms with Crippen molar-refractivity contribution in [1.29, 1.82) is 0 Å². The third-order valence-electron chi connectivity index (χ3n) is 5.11. The molecule has 0 saturated carbocycles. The minimum atomic E-state index is -0.564. The maximum Gasteiger partial charge on any atom is 2.00 e. The molecule has 0 aliphatic rings. The number of amides is 2. The summed E-state index contributed by atoms with van der Waals surface area (Å²) in [6.45, 7) is 0. The summed E-state index contributed by atoms with van der Waals surface area (Å²) < 4.78 is 2.21. The zero-order valence-corrected chi connectivity index (χ0v) is 28.8. The number of nitrogens with one attached hydrogen (secondary N) is 2. The maximum absolute atomic E-state index is 11.8. The van der Waals surface area contributed by atoms with Gasteiger partial charge in [0.2, 0.25) is 0 Å². The van der Waals surface area contributed by atoms with Crippen molar-refractivity contribution in [2.75, 3.05) is 0 Å². The summed E-state index contributed by atoms with van der Waals surface area (Å²) in [4.78, 5) is 23.6. The molecule has 43 heavy (non-hydrogen) atoms. The van der Waals surface area contributed by atoms with Crippen LogP contribution in [0.2, 0.25) is 0 Å². The Morgan fingerprint density at radius 2 is 1.00 bits per heavy atom. The molecule has 0 aliphatic heterocycles. The standard InChI is InChI=1S/2C14H10Br2N2O3.Fe/c2*15-9-5-8(13(20)11(16)6-9)7-17-18-14(21)10-3-1-2-4-12(10)19;/h2*1-7,19-20H,(H,18,21);/q;;+2/p-2. The van der Waals surface area contributed by atoms with E-state index in [1.165, 1.54) is 36.7 Å². The number of para-hydroxylation sites is 2. The Balaban J connectivity index is 0.000000293. The van der Waals surface area contributed by atoms with Crippen LogP contribution >= 0.6 is 63.7 Å². The number of hydrogen-bond acceptors (Lipinski definition) is 8. The molecule has 0 heterocycles. The molecule has 4 N–H and O–H groups in total. The Bertz CT molecular complexity index is 1560. The van der Waals surface area contributed by atoms with Gasteiger partial charge in [-0.15, -0.1) is 0 Å². The van der Waals surface area contributed by atoms with E-state index in [0.29, 0.717) is 29.0 Å². The number of carbonyl (C=O) groups excluding carboxylic acids is 2. The zero-order valence-electron chi connectivity index (χ0n) is 21.4. The van der Waals surface area contributed by atoms with Crippen LogP contribution in [0.25, 0.3) is 0 Å². The van der Waals surface area contributed by atoms with Crippen LogP contribution in [0.3, 0.4) is 0 Å². The molecule has 0 aliphatic carbocycles. The Kier molecular flexibility index (Phi) is 14.4. The SMILES string of the molecule is O=C(NN=Cc1cc(Br)cc(Br)c1[O-])c1ccccc1O.O=C(NN=Cc1cc(Br)cc(Br)c1[O-])c1ccccc1O.[Fe+2]. The number of carbonyl (C=O) groups is 2. The third-order valence-corrected chi connectivity index (χ3v) is 7.20. The summed E-state index contributed by atoms with van der Waals surface area (Å²) >= 11 is 12.8. The Morgan fingerprint density at radius 1 is 0.651 bits per heavy atom. The molecule has 0 unspecified atom stereocenters. The molecule has 0 aromatic heterocycles. The minimum absolute atomic E-state index is 0. The van der Waals surface area contributed by atoms with E-state index < -0.39 is 11.8 Å². The van der Waals surface area contributed by atoms with Crippen molar-refractivity contribution < 1.29 is 47.1 Å². The fourth-order valence-electron chi connectivity index (χ4n) is 3.12. The number of rotatable bonds is 6. The summed E-state index contributed by atoms with van der Waals surface area (Å²) in [5.74, 6) is -1.88. The van der Waals surface area contributed by atoms with Gasteiger partial charge in [-0.1, -0.05) is 99.5 Å². The first kappa shape index (κ1) is 36.0. The molecule has 4 aromatic carbocycles. The number of phenols is 2. The molecule has 0 radical (unpaired) electrons. The first-order valence-corrected chi connectivity index (χ1v) is 14.7. The van der Waals surface area contributed by atoms with Crippen LogP contribution in [0.1, 0.15) is 31.8 Å². The molecular formula is C28H18Br4FeN4O6. The van der Waals surface area contributed by atoms with E-state index in [1.807, 2.05) is 0 Å². The predicted octanol–water partition coefficient (Wildman–Crippen LogP) is 5.51. The number of phenolic OH excluding ortho intramolecular Hbond substituents is 2. The van der Waals surface area contributed by atoms with Gasteiger partial charge in [-0.3, -0.25) is 9.59 Å². The van der Waals surface area contributed by atoms with Gasteiger partial charge in [0, 0.05) is 17.9 Å². The van der Waals surface area contributed by atoms with Crippen molar-refractivity contribution in [1.82, 2.24) is 10.9 Å². The number of aromatic hydroxyl groups is 2. The molecule has 0 bridgehead atoms. The molecule has 0 atom stereocenters. The third kappa shape index (κ3) is 10.5.